The lowest BCUT2D eigenvalue weighted by Gasteiger charge is -2.31. The van der Waals surface area contributed by atoms with Gasteiger partial charge in [0, 0.05) is 10.6 Å². The number of thiazole rings is 1. The molecule has 2 amide bonds. The number of nitrogens with one attached hydrogen (secondary N) is 2. The molecule has 8 heteroatoms. The maximum atomic E-state index is 12.6. The van der Waals surface area contributed by atoms with Crippen molar-refractivity contribution < 1.29 is 14.5 Å². The van der Waals surface area contributed by atoms with Crippen LogP contribution in [0.2, 0.25) is 5.02 Å². The van der Waals surface area contributed by atoms with Crippen LogP contribution >= 0.6 is 22.9 Å². The lowest BCUT2D eigenvalue weighted by molar-refractivity contribution is -0.895. The molecule has 0 bridgehead atoms. The summed E-state index contributed by atoms with van der Waals surface area (Å²) in [5.74, 6) is -0.0406. The zero-order valence-electron chi connectivity index (χ0n) is 15.2. The van der Waals surface area contributed by atoms with E-state index in [0.717, 1.165) is 23.3 Å². The first kappa shape index (κ1) is 18.9. The van der Waals surface area contributed by atoms with Gasteiger partial charge in [0.15, 0.2) is 11.7 Å². The molecule has 4 rings (SSSR count). The van der Waals surface area contributed by atoms with E-state index in [9.17, 15) is 9.59 Å². The van der Waals surface area contributed by atoms with Crippen molar-refractivity contribution in [3.8, 4) is 0 Å². The number of rotatable bonds is 4. The second-order valence-electron chi connectivity index (χ2n) is 6.76. The summed E-state index contributed by atoms with van der Waals surface area (Å²) in [7, 11) is 0. The highest BCUT2D eigenvalue weighted by Gasteiger charge is 2.26. The second kappa shape index (κ2) is 8.26. The Morgan fingerprint density at radius 2 is 1.82 bits per heavy atom. The number of quaternary nitrogens is 1. The highest BCUT2D eigenvalue weighted by Crippen LogP contribution is 2.25. The van der Waals surface area contributed by atoms with Crippen LogP contribution in [0.15, 0.2) is 48.5 Å². The minimum Gasteiger partial charge on any atom is -0.327 e. The summed E-state index contributed by atoms with van der Waals surface area (Å²) < 4.78 is 1.06. The molecule has 0 spiro atoms. The maximum absolute atomic E-state index is 12.6. The molecule has 1 saturated heterocycles. The molecular formula is C20H20ClN4O2S+. The predicted octanol–water partition coefficient (Wildman–Crippen LogP) is 1.93. The van der Waals surface area contributed by atoms with E-state index in [1.807, 2.05) is 29.2 Å². The molecule has 2 N–H and O–H groups in total. The van der Waals surface area contributed by atoms with Crippen LogP contribution in [0.25, 0.3) is 10.2 Å². The van der Waals surface area contributed by atoms with E-state index in [0.29, 0.717) is 35.4 Å². The fourth-order valence-electron chi connectivity index (χ4n) is 3.29. The molecule has 144 valence electrons. The van der Waals surface area contributed by atoms with Crippen LogP contribution in [0.5, 0.6) is 0 Å². The maximum Gasteiger partial charge on any atom is 0.281 e. The molecule has 28 heavy (non-hydrogen) atoms. The van der Waals surface area contributed by atoms with Crippen LogP contribution in [0.1, 0.15) is 10.4 Å². The van der Waals surface area contributed by atoms with Gasteiger partial charge in [-0.25, -0.2) is 4.98 Å². The number of benzene rings is 2. The number of amides is 2. The van der Waals surface area contributed by atoms with Gasteiger partial charge in [-0.15, -0.1) is 0 Å². The van der Waals surface area contributed by atoms with Gasteiger partial charge in [0.1, 0.15) is 0 Å². The minimum atomic E-state index is -0.0495. The van der Waals surface area contributed by atoms with Crippen molar-refractivity contribution in [1.29, 1.82) is 0 Å². The zero-order chi connectivity index (χ0) is 19.5. The van der Waals surface area contributed by atoms with Gasteiger partial charge < -0.3 is 9.80 Å². The number of hydrogen-bond donors (Lipinski definition) is 2. The van der Waals surface area contributed by atoms with Crippen LogP contribution in [0.3, 0.4) is 0 Å². The summed E-state index contributed by atoms with van der Waals surface area (Å²) in [6.07, 6.45) is 0. The quantitative estimate of drug-likeness (QED) is 0.684. The molecule has 1 aliphatic heterocycles. The van der Waals surface area contributed by atoms with Gasteiger partial charge in [-0.1, -0.05) is 35.1 Å². The molecule has 0 unspecified atom stereocenters. The average Bonchev–Trinajstić information content (AvgIpc) is 3.10. The van der Waals surface area contributed by atoms with E-state index in [-0.39, 0.29) is 11.8 Å². The van der Waals surface area contributed by atoms with Crippen molar-refractivity contribution in [2.24, 2.45) is 0 Å². The van der Waals surface area contributed by atoms with Gasteiger partial charge in [0.05, 0.1) is 36.4 Å². The van der Waals surface area contributed by atoms with Crippen LogP contribution in [-0.4, -0.2) is 54.4 Å². The molecule has 0 atom stereocenters. The number of anilines is 1. The summed E-state index contributed by atoms with van der Waals surface area (Å²) in [4.78, 5) is 32.4. The van der Waals surface area contributed by atoms with Crippen molar-refractivity contribution in [1.82, 2.24) is 9.88 Å². The summed E-state index contributed by atoms with van der Waals surface area (Å²) in [6.45, 7) is 3.12. The first-order chi connectivity index (χ1) is 13.6. The fourth-order valence-corrected chi connectivity index (χ4v) is 4.30. The molecule has 2 aromatic carbocycles. The summed E-state index contributed by atoms with van der Waals surface area (Å²) in [6, 6.07) is 14.8. The van der Waals surface area contributed by atoms with Crippen molar-refractivity contribution >= 4 is 50.1 Å². The lowest BCUT2D eigenvalue weighted by Crippen LogP contribution is -3.15. The lowest BCUT2D eigenvalue weighted by atomic mass is 10.2. The van der Waals surface area contributed by atoms with Crippen LogP contribution < -0.4 is 10.2 Å². The largest absolute Gasteiger partial charge is 0.327 e. The van der Waals surface area contributed by atoms with E-state index in [2.05, 4.69) is 10.3 Å². The number of piperazine rings is 1. The Balaban J connectivity index is 1.28. The van der Waals surface area contributed by atoms with Crippen molar-refractivity contribution in [3.05, 3.63) is 59.1 Å². The van der Waals surface area contributed by atoms with Crippen molar-refractivity contribution in [2.75, 3.05) is 38.0 Å². The first-order valence-electron chi connectivity index (χ1n) is 9.12. The Hall–Kier alpha value is -2.48. The zero-order valence-corrected chi connectivity index (χ0v) is 16.7. The standard InChI is InChI=1S/C20H19ClN4O2S/c21-15-7-5-14(6-8-15)19(27)25-11-9-24(10-12-25)13-18(26)23-20-22-16-3-1-2-4-17(16)28-20/h1-8H,9-13H2,(H,22,23,26)/p+1. The molecule has 1 fully saturated rings. The first-order valence-corrected chi connectivity index (χ1v) is 10.3. The van der Waals surface area contributed by atoms with Crippen LogP contribution in [0.4, 0.5) is 5.13 Å². The highest BCUT2D eigenvalue weighted by atomic mass is 35.5. The number of halogens is 1. The van der Waals surface area contributed by atoms with Gasteiger partial charge in [-0.05, 0) is 36.4 Å². The highest BCUT2D eigenvalue weighted by molar-refractivity contribution is 7.22. The van der Waals surface area contributed by atoms with Gasteiger partial charge in [0.25, 0.3) is 11.8 Å². The Bertz CT molecular complexity index is 964. The van der Waals surface area contributed by atoms with Crippen molar-refractivity contribution in [3.63, 3.8) is 0 Å². The second-order valence-corrected chi connectivity index (χ2v) is 8.23. The molecule has 1 aliphatic rings. The van der Waals surface area contributed by atoms with E-state index in [1.165, 1.54) is 16.2 Å². The number of para-hydroxylation sites is 1. The number of hydrogen-bond acceptors (Lipinski definition) is 4. The molecule has 3 aromatic rings. The number of aromatic nitrogens is 1. The molecule has 1 aromatic heterocycles. The van der Waals surface area contributed by atoms with E-state index in [4.69, 9.17) is 11.6 Å². The molecule has 0 radical (unpaired) electrons. The normalized spacial score (nSPS) is 15.0. The molecule has 0 aliphatic carbocycles. The summed E-state index contributed by atoms with van der Waals surface area (Å²) >= 11 is 7.36. The third-order valence-corrected chi connectivity index (χ3v) is 6.00. The molecule has 2 heterocycles. The van der Waals surface area contributed by atoms with Gasteiger partial charge in [-0.3, -0.25) is 14.9 Å². The monoisotopic (exact) mass is 415 g/mol. The Morgan fingerprint density at radius 1 is 1.11 bits per heavy atom. The van der Waals surface area contributed by atoms with Crippen LogP contribution in [-0.2, 0) is 4.79 Å². The van der Waals surface area contributed by atoms with Gasteiger partial charge in [0.2, 0.25) is 0 Å². The topological polar surface area (TPSA) is 66.7 Å². The molecular weight excluding hydrogens is 396 g/mol. The van der Waals surface area contributed by atoms with E-state index < -0.39 is 0 Å². The van der Waals surface area contributed by atoms with Gasteiger partial charge in [-0.2, -0.15) is 0 Å². The van der Waals surface area contributed by atoms with E-state index >= 15 is 0 Å². The number of carbonyl (C=O) groups is 2. The van der Waals surface area contributed by atoms with Crippen molar-refractivity contribution in [2.45, 2.75) is 0 Å². The third kappa shape index (κ3) is 4.32. The Morgan fingerprint density at radius 3 is 2.54 bits per heavy atom. The summed E-state index contributed by atoms with van der Waals surface area (Å²) in [5.41, 5.74) is 1.53. The predicted molar refractivity (Wildman–Crippen MR) is 111 cm³/mol. The Labute approximate surface area is 171 Å². The number of fused-ring (bicyclic) bond motifs is 1. The van der Waals surface area contributed by atoms with Gasteiger partial charge >= 0.3 is 0 Å². The smallest absolute Gasteiger partial charge is 0.281 e. The SMILES string of the molecule is O=C(C[NH+]1CCN(C(=O)c2ccc(Cl)cc2)CC1)Nc1nc2ccccc2s1. The molecule has 0 saturated carbocycles. The molecule has 6 nitrogen and oxygen atoms in total. The Kier molecular flexibility index (Phi) is 5.57. The van der Waals surface area contributed by atoms with Crippen LogP contribution in [0, 0.1) is 0 Å². The average molecular weight is 416 g/mol. The third-order valence-electron chi connectivity index (χ3n) is 4.80. The van der Waals surface area contributed by atoms with E-state index in [1.54, 1.807) is 24.3 Å². The number of nitrogens with zero attached hydrogens (tertiary/aromatic N) is 2. The summed E-state index contributed by atoms with van der Waals surface area (Å²) in [5, 5.41) is 4.14. The fraction of sp³-hybridized carbons (Fsp3) is 0.250. The minimum absolute atomic E-state index is 0.00893. The number of carbonyl (C=O) groups excluding carboxylic acids is 2.